The number of rotatable bonds is 9. The highest BCUT2D eigenvalue weighted by molar-refractivity contribution is 7.00. The second kappa shape index (κ2) is 6.77. The van der Waals surface area contributed by atoms with E-state index in [0.29, 0.717) is 0 Å². The molecule has 0 radical (unpaired) electrons. The SMILES string of the molecule is C=C[Si](C)(C)O[Si](C)(C=C)O[Si](C)(C)O[Si](C)(C)C=N. The van der Waals surface area contributed by atoms with Crippen LogP contribution in [0.1, 0.15) is 0 Å². The molecule has 1 N–H and O–H groups in total. The van der Waals surface area contributed by atoms with Crippen LogP contribution in [0, 0.1) is 5.41 Å². The van der Waals surface area contributed by atoms with Gasteiger partial charge in [-0.2, -0.15) is 0 Å². The Balaban J connectivity index is 5.06. The smallest absolute Gasteiger partial charge is 0.342 e. The lowest BCUT2D eigenvalue weighted by Gasteiger charge is -2.39. The van der Waals surface area contributed by atoms with Gasteiger partial charge in [-0.25, -0.2) is 0 Å². The Morgan fingerprint density at radius 3 is 1.60 bits per heavy atom. The first kappa shape index (κ1) is 19.9. The Morgan fingerprint density at radius 2 is 1.25 bits per heavy atom. The Bertz CT molecular complexity index is 385. The Kier molecular flexibility index (Phi) is 6.74. The van der Waals surface area contributed by atoms with E-state index in [2.05, 4.69) is 26.3 Å². The lowest BCUT2D eigenvalue weighted by Crippen LogP contribution is -2.57. The Labute approximate surface area is 128 Å². The van der Waals surface area contributed by atoms with Crippen molar-refractivity contribution in [1.29, 1.82) is 5.41 Å². The molecular weight excluding hydrogens is 318 g/mol. The van der Waals surface area contributed by atoms with Crippen molar-refractivity contribution >= 4 is 39.6 Å². The minimum atomic E-state index is -2.49. The predicted octanol–water partition coefficient (Wildman–Crippen LogP) is 3.86. The van der Waals surface area contributed by atoms with Gasteiger partial charge in [0.15, 0.2) is 8.32 Å². The molecule has 8 heteroatoms. The Morgan fingerprint density at radius 1 is 0.750 bits per heavy atom. The summed E-state index contributed by atoms with van der Waals surface area (Å²) in [5.41, 5.74) is 3.71. The van der Waals surface area contributed by atoms with Crippen LogP contribution >= 0.6 is 0 Å². The highest BCUT2D eigenvalue weighted by Crippen LogP contribution is 2.24. The van der Waals surface area contributed by atoms with Crippen LogP contribution < -0.4 is 0 Å². The Hall–Kier alpha value is -0.102. The monoisotopic (exact) mass is 347 g/mol. The van der Waals surface area contributed by atoms with Crippen LogP contribution in [0.5, 0.6) is 0 Å². The average molecular weight is 348 g/mol. The number of hydrogen-bond donors (Lipinski definition) is 1. The number of hydrogen-bond acceptors (Lipinski definition) is 4. The summed E-state index contributed by atoms with van der Waals surface area (Å²) in [6.07, 6.45) is 0. The van der Waals surface area contributed by atoms with Gasteiger partial charge in [-0.3, -0.25) is 0 Å². The van der Waals surface area contributed by atoms with Crippen molar-refractivity contribution in [2.24, 2.45) is 0 Å². The summed E-state index contributed by atoms with van der Waals surface area (Å²) in [4.78, 5) is 0. The fourth-order valence-corrected chi connectivity index (χ4v) is 17.3. The van der Waals surface area contributed by atoms with Crippen LogP contribution in [0.2, 0.25) is 45.8 Å². The highest BCUT2D eigenvalue weighted by Gasteiger charge is 2.43. The van der Waals surface area contributed by atoms with Gasteiger partial charge >= 0.3 is 17.1 Å². The van der Waals surface area contributed by atoms with Gasteiger partial charge < -0.3 is 17.8 Å². The van der Waals surface area contributed by atoms with Gasteiger partial charge in [0.05, 0.1) is 0 Å². The molecule has 0 aromatic rings. The van der Waals surface area contributed by atoms with Crippen molar-refractivity contribution in [3.8, 4) is 0 Å². The summed E-state index contributed by atoms with van der Waals surface area (Å²) in [5, 5.41) is 7.47. The fraction of sp³-hybridized carbons (Fsp3) is 0.583. The largest absolute Gasteiger partial charge is 0.432 e. The van der Waals surface area contributed by atoms with Crippen molar-refractivity contribution in [2.45, 2.75) is 45.8 Å². The molecule has 0 spiro atoms. The molecule has 0 aromatic carbocycles. The van der Waals surface area contributed by atoms with Crippen LogP contribution in [0.3, 0.4) is 0 Å². The summed E-state index contributed by atoms with van der Waals surface area (Å²) < 4.78 is 18.7. The van der Waals surface area contributed by atoms with Crippen molar-refractivity contribution in [1.82, 2.24) is 0 Å². The van der Waals surface area contributed by atoms with E-state index >= 15 is 0 Å². The average Bonchev–Trinajstić information content (AvgIpc) is 2.26. The van der Waals surface area contributed by atoms with E-state index in [1.54, 1.807) is 0 Å². The lowest BCUT2D eigenvalue weighted by molar-refractivity contribution is 0.339. The summed E-state index contributed by atoms with van der Waals surface area (Å²) in [5.74, 6) is 1.43. The van der Waals surface area contributed by atoms with Crippen molar-refractivity contribution < 1.29 is 12.3 Å². The first-order valence-electron chi connectivity index (χ1n) is 6.70. The van der Waals surface area contributed by atoms with E-state index in [1.165, 1.54) is 5.84 Å². The standard InChI is InChI=1S/C12H29NO3Si4/c1-10-17(3,4)15-20(9,11-2)16-19(7,8)14-18(5,6)12-13/h10-13H,1-2H2,3-9H3. The second-order valence-electron chi connectivity index (χ2n) is 6.48. The minimum Gasteiger partial charge on any atom is -0.432 e. The zero-order valence-corrected chi connectivity index (χ0v) is 17.9. The van der Waals surface area contributed by atoms with E-state index in [4.69, 9.17) is 17.8 Å². The van der Waals surface area contributed by atoms with Crippen LogP contribution in [0.4, 0.5) is 0 Å². The van der Waals surface area contributed by atoms with Crippen LogP contribution in [0.15, 0.2) is 24.6 Å². The van der Waals surface area contributed by atoms with E-state index < -0.39 is 33.8 Å². The topological polar surface area (TPSA) is 51.5 Å². The molecule has 0 aliphatic rings. The summed E-state index contributed by atoms with van der Waals surface area (Å²) in [6, 6.07) is 0. The van der Waals surface area contributed by atoms with Gasteiger partial charge in [-0.05, 0) is 45.8 Å². The number of nitrogens with one attached hydrogen (secondary N) is 1. The van der Waals surface area contributed by atoms with Gasteiger partial charge in [-0.1, -0.05) is 11.4 Å². The summed E-state index contributed by atoms with van der Waals surface area (Å²) in [6.45, 7) is 21.9. The van der Waals surface area contributed by atoms with E-state index in [0.717, 1.165) is 0 Å². The normalized spacial score (nSPS) is 16.4. The van der Waals surface area contributed by atoms with Crippen molar-refractivity contribution in [3.05, 3.63) is 24.6 Å². The molecule has 0 aliphatic carbocycles. The summed E-state index contributed by atoms with van der Waals surface area (Å²) in [7, 11) is -8.88. The predicted molar refractivity (Wildman–Crippen MR) is 96.5 cm³/mol. The molecule has 0 saturated carbocycles. The molecule has 0 rings (SSSR count). The van der Waals surface area contributed by atoms with Crippen LogP contribution in [-0.2, 0) is 12.3 Å². The third-order valence-electron chi connectivity index (χ3n) is 2.63. The molecule has 1 unspecified atom stereocenters. The molecule has 1 atom stereocenters. The zero-order chi connectivity index (χ0) is 16.2. The molecule has 116 valence electrons. The van der Waals surface area contributed by atoms with Gasteiger partial charge in [-0.15, -0.1) is 13.2 Å². The van der Waals surface area contributed by atoms with Gasteiger partial charge in [0.1, 0.15) is 0 Å². The molecule has 0 bridgehead atoms. The molecule has 4 nitrogen and oxygen atoms in total. The van der Waals surface area contributed by atoms with Gasteiger partial charge in [0.25, 0.3) is 0 Å². The first-order valence-corrected chi connectivity index (χ1v) is 17.9. The third-order valence-corrected chi connectivity index (χ3v) is 16.4. The minimum absolute atomic E-state index is 1.43. The van der Waals surface area contributed by atoms with Crippen LogP contribution in [-0.4, -0.2) is 39.6 Å². The first-order chi connectivity index (χ1) is 8.80. The molecule has 0 aliphatic heterocycles. The lowest BCUT2D eigenvalue weighted by atomic mass is 11.3. The van der Waals surface area contributed by atoms with Gasteiger partial charge in [0, 0.05) is 5.84 Å². The van der Waals surface area contributed by atoms with E-state index in [9.17, 15) is 0 Å². The second-order valence-corrected chi connectivity index (χ2v) is 21.3. The van der Waals surface area contributed by atoms with E-state index in [-0.39, 0.29) is 0 Å². The summed E-state index contributed by atoms with van der Waals surface area (Å²) >= 11 is 0. The fourth-order valence-electron chi connectivity index (χ4n) is 1.84. The van der Waals surface area contributed by atoms with Crippen molar-refractivity contribution in [3.63, 3.8) is 0 Å². The molecule has 0 fully saturated rings. The molecule has 0 saturated heterocycles. The van der Waals surface area contributed by atoms with Crippen molar-refractivity contribution in [2.75, 3.05) is 0 Å². The maximum absolute atomic E-state index is 7.47. The highest BCUT2D eigenvalue weighted by atomic mass is 28.5. The molecule has 0 heterocycles. The third kappa shape index (κ3) is 7.06. The van der Waals surface area contributed by atoms with Crippen LogP contribution in [0.25, 0.3) is 0 Å². The maximum Gasteiger partial charge on any atom is 0.342 e. The van der Waals surface area contributed by atoms with Gasteiger partial charge in [0.2, 0.25) is 8.32 Å². The maximum atomic E-state index is 7.47. The molecular formula is C12H29NO3Si4. The molecule has 20 heavy (non-hydrogen) atoms. The zero-order valence-electron chi connectivity index (χ0n) is 13.9. The quantitative estimate of drug-likeness (QED) is 0.509. The molecule has 0 amide bonds. The van der Waals surface area contributed by atoms with E-state index in [1.807, 2.05) is 44.1 Å². The molecule has 0 aromatic heterocycles.